The van der Waals surface area contributed by atoms with Crippen LogP contribution in [0, 0.1) is 0 Å². The Hall–Kier alpha value is -1.40. The van der Waals surface area contributed by atoms with Gasteiger partial charge in [-0.3, -0.25) is 9.59 Å². The van der Waals surface area contributed by atoms with Crippen molar-refractivity contribution in [3.8, 4) is 0 Å². The van der Waals surface area contributed by atoms with Gasteiger partial charge in [0.05, 0.1) is 17.5 Å². The van der Waals surface area contributed by atoms with Gasteiger partial charge in [0.25, 0.3) is 5.91 Å². The van der Waals surface area contributed by atoms with Crippen molar-refractivity contribution in [2.45, 2.75) is 12.5 Å². The molecule has 6 heteroatoms. The minimum Gasteiger partial charge on any atom is -0.391 e. The average Bonchev–Trinajstić information content (AvgIpc) is 2.98. The van der Waals surface area contributed by atoms with Gasteiger partial charge in [-0.25, -0.2) is 0 Å². The maximum atomic E-state index is 11.9. The summed E-state index contributed by atoms with van der Waals surface area (Å²) in [6.07, 6.45) is 0.196. The second-order valence-corrected chi connectivity index (χ2v) is 5.37. The third kappa shape index (κ3) is 2.88. The van der Waals surface area contributed by atoms with Crippen molar-refractivity contribution in [2.24, 2.45) is 0 Å². The number of aliphatic hydroxyl groups excluding tert-OH is 1. The number of likely N-dealkylation sites (N-methyl/N-ethyl adjacent to an activating group) is 1. The Bertz CT molecular complexity index is 433. The summed E-state index contributed by atoms with van der Waals surface area (Å²) in [5.41, 5.74) is 0. The Morgan fingerprint density at radius 3 is 2.94 bits per heavy atom. The van der Waals surface area contributed by atoms with Crippen molar-refractivity contribution in [1.82, 2.24) is 9.80 Å². The number of hydrogen-bond donors (Lipinski definition) is 1. The Kier molecular flexibility index (Phi) is 3.98. The van der Waals surface area contributed by atoms with E-state index in [-0.39, 0.29) is 18.4 Å². The Labute approximate surface area is 110 Å². The summed E-state index contributed by atoms with van der Waals surface area (Å²) < 4.78 is 0. The van der Waals surface area contributed by atoms with E-state index in [0.717, 1.165) is 0 Å². The lowest BCUT2D eigenvalue weighted by Crippen LogP contribution is -2.40. The molecular formula is C12H16N2O3S. The molecule has 1 atom stereocenters. The lowest BCUT2D eigenvalue weighted by Gasteiger charge is -2.21. The van der Waals surface area contributed by atoms with Crippen LogP contribution in [0.5, 0.6) is 0 Å². The third-order valence-corrected chi connectivity index (χ3v) is 3.83. The second kappa shape index (κ2) is 5.49. The molecule has 1 aromatic heterocycles. The number of likely N-dealkylation sites (tertiary alicyclic amines) is 1. The number of thiophene rings is 1. The maximum absolute atomic E-state index is 11.9. The van der Waals surface area contributed by atoms with Crippen LogP contribution in [0.2, 0.25) is 0 Å². The van der Waals surface area contributed by atoms with Crippen LogP contribution >= 0.6 is 11.3 Å². The molecule has 1 aliphatic heterocycles. The highest BCUT2D eigenvalue weighted by Gasteiger charge is 2.26. The average molecular weight is 268 g/mol. The van der Waals surface area contributed by atoms with E-state index in [1.807, 2.05) is 11.4 Å². The van der Waals surface area contributed by atoms with Gasteiger partial charge in [0.1, 0.15) is 0 Å². The molecule has 0 aliphatic carbocycles. The van der Waals surface area contributed by atoms with Crippen molar-refractivity contribution in [1.29, 1.82) is 0 Å². The van der Waals surface area contributed by atoms with Crippen molar-refractivity contribution in [3.63, 3.8) is 0 Å². The summed E-state index contributed by atoms with van der Waals surface area (Å²) >= 11 is 1.36. The first kappa shape index (κ1) is 13.0. The quantitative estimate of drug-likeness (QED) is 0.864. The third-order valence-electron chi connectivity index (χ3n) is 2.97. The number of carbonyl (C=O) groups excluding carboxylic acids is 2. The number of rotatable bonds is 3. The molecule has 1 aliphatic rings. The molecule has 18 heavy (non-hydrogen) atoms. The van der Waals surface area contributed by atoms with Crippen molar-refractivity contribution >= 4 is 23.2 Å². The number of carbonyl (C=O) groups is 2. The predicted octanol–water partition coefficient (Wildman–Crippen LogP) is 0.413. The molecule has 0 unspecified atom stereocenters. The molecular weight excluding hydrogens is 252 g/mol. The zero-order valence-corrected chi connectivity index (χ0v) is 11.0. The molecule has 0 radical (unpaired) electrons. The lowest BCUT2D eigenvalue weighted by atomic mass is 10.3. The van der Waals surface area contributed by atoms with E-state index in [1.54, 1.807) is 18.0 Å². The minimum atomic E-state index is -0.424. The monoisotopic (exact) mass is 268 g/mol. The lowest BCUT2D eigenvalue weighted by molar-refractivity contribution is -0.130. The summed E-state index contributed by atoms with van der Waals surface area (Å²) in [6, 6.07) is 3.55. The number of nitrogens with zero attached hydrogens (tertiary/aromatic N) is 2. The van der Waals surface area contributed by atoms with Crippen LogP contribution in [0.15, 0.2) is 17.5 Å². The molecule has 2 amide bonds. The zero-order valence-electron chi connectivity index (χ0n) is 10.2. The van der Waals surface area contributed by atoms with Gasteiger partial charge in [-0.05, 0) is 17.9 Å². The zero-order chi connectivity index (χ0) is 13.1. The summed E-state index contributed by atoms with van der Waals surface area (Å²) in [7, 11) is 1.62. The van der Waals surface area contributed by atoms with Gasteiger partial charge in [0.15, 0.2) is 0 Å². The fourth-order valence-corrected chi connectivity index (χ4v) is 2.65. The van der Waals surface area contributed by atoms with Crippen molar-refractivity contribution in [2.75, 3.05) is 26.7 Å². The SMILES string of the molecule is CN(CC(=O)N1CC[C@H](O)C1)C(=O)c1cccs1. The van der Waals surface area contributed by atoms with E-state index in [0.29, 0.717) is 24.4 Å². The molecule has 0 aromatic carbocycles. The molecule has 0 bridgehead atoms. The molecule has 0 spiro atoms. The molecule has 1 fully saturated rings. The van der Waals surface area contributed by atoms with Crippen LogP contribution in [0.1, 0.15) is 16.1 Å². The number of amides is 2. The Balaban J connectivity index is 1.89. The second-order valence-electron chi connectivity index (χ2n) is 4.42. The van der Waals surface area contributed by atoms with Crippen molar-refractivity contribution in [3.05, 3.63) is 22.4 Å². The largest absolute Gasteiger partial charge is 0.391 e. The molecule has 1 N–H and O–H groups in total. The highest BCUT2D eigenvalue weighted by molar-refractivity contribution is 7.12. The normalized spacial score (nSPS) is 19.0. The van der Waals surface area contributed by atoms with Crippen molar-refractivity contribution < 1.29 is 14.7 Å². The first-order chi connectivity index (χ1) is 8.58. The van der Waals surface area contributed by atoms with E-state index >= 15 is 0 Å². The van der Waals surface area contributed by atoms with Gasteiger partial charge in [-0.15, -0.1) is 11.3 Å². The molecule has 2 rings (SSSR count). The van der Waals surface area contributed by atoms with Gasteiger partial charge in [0.2, 0.25) is 5.91 Å². The summed E-state index contributed by atoms with van der Waals surface area (Å²) in [4.78, 5) is 27.5. The molecule has 5 nitrogen and oxygen atoms in total. The first-order valence-corrected chi connectivity index (χ1v) is 6.70. The summed E-state index contributed by atoms with van der Waals surface area (Å²) in [6.45, 7) is 1.00. The van der Waals surface area contributed by atoms with E-state index in [2.05, 4.69) is 0 Å². The van der Waals surface area contributed by atoms with Gasteiger partial charge < -0.3 is 14.9 Å². The Morgan fingerprint density at radius 2 is 2.39 bits per heavy atom. The minimum absolute atomic E-state index is 0.0590. The van der Waals surface area contributed by atoms with Gasteiger partial charge in [0, 0.05) is 20.1 Å². The topological polar surface area (TPSA) is 60.9 Å². The van der Waals surface area contributed by atoms with E-state index < -0.39 is 6.10 Å². The van der Waals surface area contributed by atoms with Crippen LogP contribution in [-0.2, 0) is 4.79 Å². The van der Waals surface area contributed by atoms with Gasteiger partial charge in [-0.1, -0.05) is 6.07 Å². The van der Waals surface area contributed by atoms with Crippen LogP contribution in [0.25, 0.3) is 0 Å². The summed E-state index contributed by atoms with van der Waals surface area (Å²) in [5.74, 6) is -0.253. The fraction of sp³-hybridized carbons (Fsp3) is 0.500. The number of β-amino-alcohol motifs (C(OH)–C–C–N with tert-alkyl or cyclic N) is 1. The molecule has 0 saturated carbocycles. The standard InChI is InChI=1S/C12H16N2O3S/c1-13(12(17)10-3-2-6-18-10)8-11(16)14-5-4-9(15)7-14/h2-3,6,9,15H,4-5,7-8H2,1H3/t9-/m0/s1. The highest BCUT2D eigenvalue weighted by atomic mass is 32.1. The van der Waals surface area contributed by atoms with Crippen LogP contribution in [0.4, 0.5) is 0 Å². The van der Waals surface area contributed by atoms with Crippen LogP contribution in [0.3, 0.4) is 0 Å². The van der Waals surface area contributed by atoms with E-state index in [1.165, 1.54) is 16.2 Å². The molecule has 1 aromatic rings. The van der Waals surface area contributed by atoms with E-state index in [4.69, 9.17) is 0 Å². The fourth-order valence-electron chi connectivity index (χ4n) is 1.93. The van der Waals surface area contributed by atoms with Gasteiger partial charge in [-0.2, -0.15) is 0 Å². The number of hydrogen-bond acceptors (Lipinski definition) is 4. The predicted molar refractivity (Wildman–Crippen MR) is 68.5 cm³/mol. The van der Waals surface area contributed by atoms with E-state index in [9.17, 15) is 14.7 Å². The Morgan fingerprint density at radius 1 is 1.61 bits per heavy atom. The molecule has 2 heterocycles. The number of aliphatic hydroxyl groups is 1. The van der Waals surface area contributed by atoms with Crippen LogP contribution < -0.4 is 0 Å². The van der Waals surface area contributed by atoms with Crippen LogP contribution in [-0.4, -0.2) is 59.5 Å². The molecule has 1 saturated heterocycles. The maximum Gasteiger partial charge on any atom is 0.264 e. The smallest absolute Gasteiger partial charge is 0.264 e. The highest BCUT2D eigenvalue weighted by Crippen LogP contribution is 2.12. The molecule has 98 valence electrons. The first-order valence-electron chi connectivity index (χ1n) is 5.82. The van der Waals surface area contributed by atoms with Gasteiger partial charge >= 0.3 is 0 Å². The summed E-state index contributed by atoms with van der Waals surface area (Å²) in [5, 5.41) is 11.2.